The quantitative estimate of drug-likeness (QED) is 0.930. The van der Waals surface area contributed by atoms with Crippen molar-refractivity contribution < 1.29 is 18.3 Å². The molecule has 128 valence electrons. The van der Waals surface area contributed by atoms with Crippen molar-refractivity contribution in [1.82, 2.24) is 9.78 Å². The topological polar surface area (TPSA) is 56.2 Å². The Morgan fingerprint density at radius 3 is 2.79 bits per heavy atom. The van der Waals surface area contributed by atoms with E-state index in [0.717, 1.165) is 11.1 Å². The summed E-state index contributed by atoms with van der Waals surface area (Å²) in [6.45, 7) is 3.10. The van der Waals surface area contributed by atoms with Crippen LogP contribution >= 0.6 is 0 Å². The maximum absolute atomic E-state index is 12.4. The van der Waals surface area contributed by atoms with Crippen LogP contribution in [0.1, 0.15) is 44.2 Å². The van der Waals surface area contributed by atoms with Gasteiger partial charge in [0.05, 0.1) is 11.7 Å². The number of nitrogens with zero attached hydrogens (tertiary/aromatic N) is 2. The molecule has 7 heteroatoms. The number of carbonyl (C=O) groups excluding carboxylic acids is 1. The fourth-order valence-electron chi connectivity index (χ4n) is 2.93. The van der Waals surface area contributed by atoms with Gasteiger partial charge in [-0.3, -0.25) is 4.79 Å². The Labute approximate surface area is 138 Å². The molecule has 0 saturated heterocycles. The molecule has 0 bridgehead atoms. The molecule has 0 saturated carbocycles. The van der Waals surface area contributed by atoms with Gasteiger partial charge in [0, 0.05) is 17.9 Å². The molecule has 1 amide bonds. The van der Waals surface area contributed by atoms with Crippen LogP contribution in [0.15, 0.2) is 30.5 Å². The van der Waals surface area contributed by atoms with Crippen LogP contribution < -0.4 is 10.1 Å². The average Bonchev–Trinajstić information content (AvgIpc) is 2.89. The number of nitrogens with one attached hydrogen (secondary N) is 1. The second kappa shape index (κ2) is 5.89. The van der Waals surface area contributed by atoms with Gasteiger partial charge in [-0.25, -0.2) is 4.68 Å². The number of fused-ring (bicyclic) bond motifs is 1. The highest BCUT2D eigenvalue weighted by Gasteiger charge is 2.32. The SMILES string of the molecule is CC(C)(C)n1ncc2c1NC(=O)CC2c1cccc(OC(F)F)c1. The minimum atomic E-state index is -2.88. The minimum Gasteiger partial charge on any atom is -0.435 e. The molecule has 1 unspecified atom stereocenters. The lowest BCUT2D eigenvalue weighted by molar-refractivity contribution is -0.116. The summed E-state index contributed by atoms with van der Waals surface area (Å²) >= 11 is 0. The molecule has 0 fully saturated rings. The zero-order chi connectivity index (χ0) is 17.5. The zero-order valence-electron chi connectivity index (χ0n) is 13.7. The molecule has 24 heavy (non-hydrogen) atoms. The molecule has 0 spiro atoms. The summed E-state index contributed by atoms with van der Waals surface area (Å²) in [5, 5.41) is 7.27. The Hall–Kier alpha value is -2.44. The molecule has 1 aromatic carbocycles. The molecule has 1 atom stereocenters. The molecule has 1 aromatic heterocycles. The summed E-state index contributed by atoms with van der Waals surface area (Å²) in [5.41, 5.74) is 1.33. The molecular formula is C17H19F2N3O2. The van der Waals surface area contributed by atoms with Crippen LogP contribution in [0.5, 0.6) is 5.75 Å². The maximum Gasteiger partial charge on any atom is 0.387 e. The highest BCUT2D eigenvalue weighted by molar-refractivity contribution is 5.94. The van der Waals surface area contributed by atoms with Crippen molar-refractivity contribution >= 4 is 11.7 Å². The Balaban J connectivity index is 2.02. The van der Waals surface area contributed by atoms with Gasteiger partial charge in [0.2, 0.25) is 5.91 Å². The molecule has 5 nitrogen and oxygen atoms in total. The zero-order valence-corrected chi connectivity index (χ0v) is 13.7. The monoisotopic (exact) mass is 335 g/mol. The number of carbonyl (C=O) groups is 1. The Morgan fingerprint density at radius 2 is 2.12 bits per heavy atom. The Morgan fingerprint density at radius 1 is 1.38 bits per heavy atom. The van der Waals surface area contributed by atoms with Crippen LogP contribution in [-0.4, -0.2) is 22.3 Å². The summed E-state index contributed by atoms with van der Waals surface area (Å²) in [7, 11) is 0. The lowest BCUT2D eigenvalue weighted by atomic mass is 9.87. The third kappa shape index (κ3) is 3.11. The molecule has 2 heterocycles. The molecule has 1 aliphatic rings. The van der Waals surface area contributed by atoms with Crippen LogP contribution in [0.4, 0.5) is 14.6 Å². The standard InChI is InChI=1S/C17H19F2N3O2/c1-17(2,3)22-15-13(9-20-22)12(8-14(23)21-15)10-5-4-6-11(7-10)24-16(18)19/h4-7,9,12,16H,8H2,1-3H3,(H,21,23). The molecule has 3 rings (SSSR count). The van der Waals surface area contributed by atoms with Crippen molar-refractivity contribution in [1.29, 1.82) is 0 Å². The average molecular weight is 335 g/mol. The summed E-state index contributed by atoms with van der Waals surface area (Å²) < 4.78 is 31.1. The first-order chi connectivity index (χ1) is 11.3. The first-order valence-corrected chi connectivity index (χ1v) is 7.68. The van der Waals surface area contributed by atoms with Crippen LogP contribution in [0.25, 0.3) is 0 Å². The summed E-state index contributed by atoms with van der Waals surface area (Å²) in [4.78, 5) is 12.1. The lowest BCUT2D eigenvalue weighted by Crippen LogP contribution is -2.30. The van der Waals surface area contributed by atoms with Gasteiger partial charge in [0.15, 0.2) is 0 Å². The van der Waals surface area contributed by atoms with Gasteiger partial charge in [0.25, 0.3) is 0 Å². The predicted molar refractivity (Wildman–Crippen MR) is 85.4 cm³/mol. The number of hydrogen-bond donors (Lipinski definition) is 1. The smallest absolute Gasteiger partial charge is 0.387 e. The fourth-order valence-corrected chi connectivity index (χ4v) is 2.93. The van der Waals surface area contributed by atoms with E-state index >= 15 is 0 Å². The van der Waals surface area contributed by atoms with Crippen molar-refractivity contribution in [2.24, 2.45) is 0 Å². The third-order valence-electron chi connectivity index (χ3n) is 3.94. The number of anilines is 1. The van der Waals surface area contributed by atoms with Gasteiger partial charge in [-0.15, -0.1) is 0 Å². The van der Waals surface area contributed by atoms with Gasteiger partial charge < -0.3 is 10.1 Å². The first-order valence-electron chi connectivity index (χ1n) is 7.68. The van der Waals surface area contributed by atoms with E-state index < -0.39 is 6.61 Å². The van der Waals surface area contributed by atoms with E-state index in [1.165, 1.54) is 6.07 Å². The number of amides is 1. The first kappa shape index (κ1) is 16.4. The molecule has 2 aromatic rings. The Kier molecular flexibility index (Phi) is 4.03. The van der Waals surface area contributed by atoms with E-state index in [1.807, 2.05) is 20.8 Å². The number of ether oxygens (including phenoxy) is 1. The van der Waals surface area contributed by atoms with E-state index in [-0.39, 0.29) is 29.5 Å². The number of aromatic nitrogens is 2. The second-order valence-electron chi connectivity index (χ2n) is 6.79. The van der Waals surface area contributed by atoms with Gasteiger partial charge in [-0.2, -0.15) is 13.9 Å². The number of hydrogen-bond acceptors (Lipinski definition) is 3. The van der Waals surface area contributed by atoms with E-state index in [1.54, 1.807) is 29.1 Å². The normalized spacial score (nSPS) is 17.6. The molecule has 0 aliphatic carbocycles. The van der Waals surface area contributed by atoms with E-state index in [9.17, 15) is 13.6 Å². The van der Waals surface area contributed by atoms with Crippen LogP contribution in [0.2, 0.25) is 0 Å². The predicted octanol–water partition coefficient (Wildman–Crippen LogP) is 3.71. The van der Waals surface area contributed by atoms with Gasteiger partial charge in [0.1, 0.15) is 11.6 Å². The molecule has 1 aliphatic heterocycles. The summed E-state index contributed by atoms with van der Waals surface area (Å²) in [6, 6.07) is 6.47. The third-order valence-corrected chi connectivity index (χ3v) is 3.94. The summed E-state index contributed by atoms with van der Waals surface area (Å²) in [6.07, 6.45) is 1.96. The van der Waals surface area contributed by atoms with E-state index in [4.69, 9.17) is 0 Å². The second-order valence-corrected chi connectivity index (χ2v) is 6.79. The number of rotatable bonds is 3. The Bertz CT molecular complexity index is 765. The molecule has 0 radical (unpaired) electrons. The van der Waals surface area contributed by atoms with Crippen molar-refractivity contribution in [2.45, 2.75) is 45.3 Å². The molecule has 1 N–H and O–H groups in total. The number of alkyl halides is 2. The fraction of sp³-hybridized carbons (Fsp3) is 0.412. The van der Waals surface area contributed by atoms with E-state index in [0.29, 0.717) is 5.82 Å². The van der Waals surface area contributed by atoms with Crippen molar-refractivity contribution in [2.75, 3.05) is 5.32 Å². The van der Waals surface area contributed by atoms with Crippen molar-refractivity contribution in [3.63, 3.8) is 0 Å². The number of halogens is 2. The highest BCUT2D eigenvalue weighted by atomic mass is 19.3. The van der Waals surface area contributed by atoms with Gasteiger partial charge in [-0.1, -0.05) is 12.1 Å². The lowest BCUT2D eigenvalue weighted by Gasteiger charge is -2.28. The number of benzene rings is 1. The van der Waals surface area contributed by atoms with Crippen LogP contribution in [0.3, 0.4) is 0 Å². The van der Waals surface area contributed by atoms with Crippen LogP contribution in [-0.2, 0) is 10.3 Å². The van der Waals surface area contributed by atoms with Crippen molar-refractivity contribution in [3.05, 3.63) is 41.6 Å². The highest BCUT2D eigenvalue weighted by Crippen LogP contribution is 2.39. The van der Waals surface area contributed by atoms with Gasteiger partial charge in [-0.05, 0) is 38.5 Å². The van der Waals surface area contributed by atoms with Crippen molar-refractivity contribution in [3.8, 4) is 5.75 Å². The summed E-state index contributed by atoms with van der Waals surface area (Å²) in [5.74, 6) is 0.368. The largest absolute Gasteiger partial charge is 0.435 e. The van der Waals surface area contributed by atoms with Gasteiger partial charge >= 0.3 is 6.61 Å². The maximum atomic E-state index is 12.4. The van der Waals surface area contributed by atoms with Crippen LogP contribution in [0, 0.1) is 0 Å². The minimum absolute atomic E-state index is 0.0817. The van der Waals surface area contributed by atoms with E-state index in [2.05, 4.69) is 15.2 Å². The molecular weight excluding hydrogens is 316 g/mol.